The second-order valence-electron chi connectivity index (χ2n) is 1.16. The van der Waals surface area contributed by atoms with Gasteiger partial charge in [-0.25, -0.2) is 0 Å². The number of aliphatic hydroxyl groups is 2. The lowest BCUT2D eigenvalue weighted by molar-refractivity contribution is -0.108. The fourth-order valence-electron chi connectivity index (χ4n) is 0.214. The smallest absolute Gasteiger partial charge is 0.310 e. The van der Waals surface area contributed by atoms with E-state index in [9.17, 15) is 4.79 Å². The third kappa shape index (κ3) is 6.81. The summed E-state index contributed by atoms with van der Waals surface area (Å²) in [5.74, 6) is -0.719. The molecule has 0 aromatic carbocycles. The average Bonchev–Trinajstić information content (AvgIpc) is 2.04. The first-order valence-corrected chi connectivity index (χ1v) is 2.22. The van der Waals surface area contributed by atoms with Gasteiger partial charge >= 0.3 is 5.95 Å². The van der Waals surface area contributed by atoms with E-state index >= 15 is 0 Å². The predicted molar refractivity (Wildman–Crippen MR) is 30.0 cm³/mol. The second-order valence-corrected chi connectivity index (χ2v) is 1.16. The molecule has 0 saturated carbocycles. The van der Waals surface area contributed by atoms with Crippen LogP contribution >= 0.6 is 0 Å². The van der Waals surface area contributed by atoms with E-state index < -0.39 is 12.3 Å². The third-order valence-corrected chi connectivity index (χ3v) is 0.473. The van der Waals surface area contributed by atoms with Crippen LogP contribution in [0.3, 0.4) is 0 Å². The van der Waals surface area contributed by atoms with Crippen molar-refractivity contribution in [3.63, 3.8) is 0 Å². The molecule has 0 rings (SSSR count). The predicted octanol–water partition coefficient (Wildman–Crippen LogP) is 0.507. The Hall–Kier alpha value is -1.19. The highest BCUT2D eigenvalue weighted by atomic mass is 16.5. The Morgan fingerprint density at radius 2 is 2.78 bits per heavy atom. The van der Waals surface area contributed by atoms with Gasteiger partial charge in [0.05, 0.1) is 6.61 Å². The van der Waals surface area contributed by atoms with Crippen LogP contribution in [0.1, 0.15) is 7.77 Å². The summed E-state index contributed by atoms with van der Waals surface area (Å²) in [5, 5.41) is 12.0. The number of aliphatic hydroxyl groups excluding tert-OH is 1. The first-order chi connectivity index (χ1) is 5.20. The highest BCUT2D eigenvalue weighted by Gasteiger charge is 1.83. The van der Waals surface area contributed by atoms with E-state index in [-0.39, 0.29) is 6.61 Å². The van der Waals surface area contributed by atoms with Gasteiger partial charge in [-0.05, 0) is 0 Å². The van der Waals surface area contributed by atoms with Crippen molar-refractivity contribution in [3.8, 4) is 0 Å². The normalized spacial score (nSPS) is 17.1. The standard InChI is InChI=1S/C5H8O4/c6-2-1-3-9-4-5(7)8/h2,4,7-8H,1,3H2/i1D/hD. The molecule has 0 bridgehead atoms. The zero-order chi connectivity index (χ0) is 8.69. The molecule has 0 spiro atoms. The van der Waals surface area contributed by atoms with Crippen molar-refractivity contribution in [1.29, 1.82) is 1.43 Å². The Kier molecular flexibility index (Phi) is 2.57. The number of ether oxygens (including phenoxy) is 1. The zero-order valence-electron chi connectivity index (χ0n) is 6.61. The summed E-state index contributed by atoms with van der Waals surface area (Å²) in [4.78, 5) is 9.83. The fraction of sp³-hybridized carbons (Fsp3) is 0.400. The van der Waals surface area contributed by atoms with Crippen LogP contribution in [0, 0.1) is 0 Å². The molecule has 0 aromatic heterocycles. The molecule has 0 radical (unpaired) electrons. The first kappa shape index (κ1) is 4.67. The molecule has 0 saturated heterocycles. The van der Waals surface area contributed by atoms with Gasteiger partial charge in [0.15, 0.2) is 6.26 Å². The molecule has 9 heavy (non-hydrogen) atoms. The Bertz CT molecular complexity index is 147. The molecule has 0 aliphatic rings. The molecule has 4 nitrogen and oxygen atoms in total. The van der Waals surface area contributed by atoms with Gasteiger partial charge in [-0.2, -0.15) is 0 Å². The van der Waals surface area contributed by atoms with Gasteiger partial charge in [0.1, 0.15) is 6.29 Å². The van der Waals surface area contributed by atoms with Crippen LogP contribution in [0.2, 0.25) is 0 Å². The number of hydrogen-bond donors (Lipinski definition) is 2. The number of carbonyl (C=O) groups excluding carboxylic acids is 1. The van der Waals surface area contributed by atoms with Gasteiger partial charge in [0, 0.05) is 7.77 Å². The molecule has 0 aliphatic heterocycles. The first-order valence-electron chi connectivity index (χ1n) is 3.20. The maximum absolute atomic E-state index is 9.83. The summed E-state index contributed by atoms with van der Waals surface area (Å²) in [5.41, 5.74) is 0. The van der Waals surface area contributed by atoms with Crippen molar-refractivity contribution in [2.75, 3.05) is 6.61 Å². The average molecular weight is 134 g/mol. The molecule has 0 aliphatic carbocycles. The maximum atomic E-state index is 9.83. The summed E-state index contributed by atoms with van der Waals surface area (Å²) in [7, 11) is 0. The van der Waals surface area contributed by atoms with Crippen molar-refractivity contribution >= 4 is 6.29 Å². The lowest BCUT2D eigenvalue weighted by Crippen LogP contribution is -1.89. The lowest BCUT2D eigenvalue weighted by atomic mass is 10.5. The van der Waals surface area contributed by atoms with Crippen molar-refractivity contribution in [2.24, 2.45) is 0 Å². The zero-order valence-corrected chi connectivity index (χ0v) is 4.61. The van der Waals surface area contributed by atoms with Gasteiger partial charge in [-0.3, -0.25) is 0 Å². The molecule has 0 heterocycles. The maximum Gasteiger partial charge on any atom is 0.310 e. The Labute approximate surface area is 55.3 Å². The van der Waals surface area contributed by atoms with Crippen molar-refractivity contribution in [1.82, 2.24) is 0 Å². The third-order valence-electron chi connectivity index (χ3n) is 0.473. The second kappa shape index (κ2) is 4.96. The van der Waals surface area contributed by atoms with E-state index in [1.165, 1.54) is 0 Å². The molecule has 0 fully saturated rings. The summed E-state index contributed by atoms with van der Waals surface area (Å²) in [6.45, 7) is -0.170. The Morgan fingerprint density at radius 3 is 3.33 bits per heavy atom. The van der Waals surface area contributed by atoms with E-state index in [1.807, 2.05) is 0 Å². The molecule has 1 atom stereocenters. The highest BCUT2D eigenvalue weighted by molar-refractivity contribution is 5.49. The molecule has 4 heteroatoms. The number of rotatable bonds is 5. The van der Waals surface area contributed by atoms with Gasteiger partial charge in [0.2, 0.25) is 0 Å². The van der Waals surface area contributed by atoms with Crippen LogP contribution in [-0.4, -0.2) is 23.1 Å². The molecular formula is C5H8O4. The van der Waals surface area contributed by atoms with E-state index in [0.717, 1.165) is 6.26 Å². The number of aldehydes is 1. The summed E-state index contributed by atoms with van der Waals surface area (Å²) >= 11 is 0. The van der Waals surface area contributed by atoms with E-state index in [4.69, 9.17) is 7.91 Å². The van der Waals surface area contributed by atoms with E-state index in [2.05, 4.69) is 9.85 Å². The molecule has 52 valence electrons. The fourth-order valence-corrected chi connectivity index (χ4v) is 0.214. The van der Waals surface area contributed by atoms with E-state index in [0.29, 0.717) is 6.29 Å². The van der Waals surface area contributed by atoms with Crippen molar-refractivity contribution < 1.29 is 21.1 Å². The van der Waals surface area contributed by atoms with Gasteiger partial charge in [0.25, 0.3) is 1.43 Å². The van der Waals surface area contributed by atoms with Gasteiger partial charge in [-0.15, -0.1) is 0 Å². The van der Waals surface area contributed by atoms with Gasteiger partial charge in [-0.1, -0.05) is 0 Å². The monoisotopic (exact) mass is 134 g/mol. The summed E-state index contributed by atoms with van der Waals surface area (Å²) in [6, 6.07) is 0. The lowest BCUT2D eigenvalue weighted by Gasteiger charge is -1.93. The number of carbonyl (C=O) groups is 1. The van der Waals surface area contributed by atoms with Crippen LogP contribution in [0.4, 0.5) is 0 Å². The SMILES string of the molecule is [2H]O/C(O)=C/OCC([2H])C=O. The summed E-state index contributed by atoms with van der Waals surface area (Å²) in [6.07, 6.45) is 0.162. The minimum Gasteiger partial charge on any atom is -0.493 e. The van der Waals surface area contributed by atoms with Crippen molar-refractivity contribution in [2.45, 2.75) is 6.40 Å². The van der Waals surface area contributed by atoms with Gasteiger partial charge < -0.3 is 19.7 Å². The summed E-state index contributed by atoms with van der Waals surface area (Å²) < 4.78 is 17.4. The largest absolute Gasteiger partial charge is 0.493 e. The molecular weight excluding hydrogens is 124 g/mol. The van der Waals surface area contributed by atoms with Crippen LogP contribution in [-0.2, 0) is 9.53 Å². The highest BCUT2D eigenvalue weighted by Crippen LogP contribution is 1.83. The number of hydrogen-bond acceptors (Lipinski definition) is 4. The van der Waals surface area contributed by atoms with Crippen LogP contribution in [0.5, 0.6) is 0 Å². The van der Waals surface area contributed by atoms with Crippen LogP contribution in [0.25, 0.3) is 1.43 Å². The minimum absolute atomic E-state index is 0.170. The van der Waals surface area contributed by atoms with Crippen LogP contribution < -0.4 is 0 Å². The van der Waals surface area contributed by atoms with E-state index in [1.54, 1.807) is 0 Å². The molecule has 0 aromatic rings. The molecule has 2 N–H and O–H groups in total. The topological polar surface area (TPSA) is 66.8 Å². The quantitative estimate of drug-likeness (QED) is 0.424. The Balaban J connectivity index is 3.47. The van der Waals surface area contributed by atoms with Crippen LogP contribution in [0.15, 0.2) is 12.2 Å². The minimum atomic E-state index is -0.982. The van der Waals surface area contributed by atoms with Crippen molar-refractivity contribution in [3.05, 3.63) is 12.2 Å². The molecule has 1 unspecified atom stereocenters. The Morgan fingerprint density at radius 1 is 2.00 bits per heavy atom. The molecule has 0 amide bonds.